The van der Waals surface area contributed by atoms with E-state index >= 15 is 0 Å². The summed E-state index contributed by atoms with van der Waals surface area (Å²) >= 11 is 7.64. The van der Waals surface area contributed by atoms with E-state index < -0.39 is 11.7 Å². The molecule has 1 atom stereocenters. The quantitative estimate of drug-likeness (QED) is 0.478. The Labute approximate surface area is 163 Å². The molecular weight excluding hydrogens is 400 g/mol. The van der Waals surface area contributed by atoms with E-state index in [1.807, 2.05) is 18.7 Å². The van der Waals surface area contributed by atoms with Gasteiger partial charge in [-0.3, -0.25) is 0 Å². The second-order valence-corrected chi connectivity index (χ2v) is 11.0. The fourth-order valence-corrected chi connectivity index (χ4v) is 8.09. The Morgan fingerprint density at radius 2 is 2.00 bits per heavy atom. The number of thioether (sulfide) groups is 1. The Morgan fingerprint density at radius 3 is 2.50 bits per heavy atom. The molecule has 1 fully saturated rings. The van der Waals surface area contributed by atoms with Crippen LogP contribution >= 0.6 is 31.3 Å². The summed E-state index contributed by atoms with van der Waals surface area (Å²) in [5, 5.41) is 2.91. The van der Waals surface area contributed by atoms with Crippen LogP contribution in [0.2, 0.25) is 5.02 Å². The average molecular weight is 425 g/mol. The predicted octanol–water partition coefficient (Wildman–Crippen LogP) is 6.71. The van der Waals surface area contributed by atoms with Gasteiger partial charge in [-0.25, -0.2) is 0 Å². The lowest BCUT2D eigenvalue weighted by atomic mass is 10.2. The minimum absolute atomic E-state index is 0.0236. The second kappa shape index (κ2) is 9.68. The number of hydrogen-bond acceptors (Lipinski definition) is 3. The van der Waals surface area contributed by atoms with Crippen molar-refractivity contribution in [2.45, 2.75) is 44.3 Å². The van der Waals surface area contributed by atoms with Crippen LogP contribution in [0.4, 0.5) is 18.9 Å². The third-order valence-electron chi connectivity index (χ3n) is 4.37. The number of nitrogens with two attached hydrogens (primary N) is 1. The molecule has 0 amide bonds. The van der Waals surface area contributed by atoms with E-state index in [0.717, 1.165) is 18.2 Å². The van der Waals surface area contributed by atoms with Gasteiger partial charge in [-0.05, 0) is 56.7 Å². The molecule has 0 bridgehead atoms. The maximum Gasteiger partial charge on any atom is 0.417 e. The SMILES string of the molecule is CCC(SC(CN)P1CCCC1)=C(C)Nc1ccc(C(F)(F)F)c(Cl)c1. The highest BCUT2D eigenvalue weighted by Gasteiger charge is 2.33. The van der Waals surface area contributed by atoms with Crippen molar-refractivity contribution >= 4 is 37.0 Å². The van der Waals surface area contributed by atoms with E-state index in [2.05, 4.69) is 12.2 Å². The summed E-state index contributed by atoms with van der Waals surface area (Å²) < 4.78 is 38.5. The normalized spacial score (nSPS) is 18.0. The summed E-state index contributed by atoms with van der Waals surface area (Å²) in [6.07, 6.45) is 1.61. The summed E-state index contributed by atoms with van der Waals surface area (Å²) in [4.78, 5) is 1.65. The zero-order valence-corrected chi connectivity index (χ0v) is 17.5. The zero-order valence-electron chi connectivity index (χ0n) is 15.0. The lowest BCUT2D eigenvalue weighted by Crippen LogP contribution is -2.16. The van der Waals surface area contributed by atoms with Crippen LogP contribution in [0.1, 0.15) is 38.7 Å². The molecule has 1 aliphatic rings. The average Bonchev–Trinajstić information content (AvgIpc) is 3.09. The molecule has 2 nitrogen and oxygen atoms in total. The van der Waals surface area contributed by atoms with Gasteiger partial charge in [0, 0.05) is 27.8 Å². The maximum atomic E-state index is 12.8. The van der Waals surface area contributed by atoms with Crippen LogP contribution < -0.4 is 11.1 Å². The van der Waals surface area contributed by atoms with Crippen molar-refractivity contribution in [2.24, 2.45) is 5.73 Å². The van der Waals surface area contributed by atoms with Crippen molar-refractivity contribution in [3.05, 3.63) is 39.4 Å². The van der Waals surface area contributed by atoms with Crippen LogP contribution in [-0.4, -0.2) is 23.9 Å². The number of benzene rings is 1. The second-order valence-electron chi connectivity index (χ2n) is 6.27. The van der Waals surface area contributed by atoms with Crippen molar-refractivity contribution in [1.82, 2.24) is 0 Å². The summed E-state index contributed by atoms with van der Waals surface area (Å²) in [6, 6.07) is 3.76. The molecule has 1 saturated heterocycles. The molecule has 1 aromatic carbocycles. The van der Waals surface area contributed by atoms with Crippen molar-refractivity contribution < 1.29 is 13.2 Å². The van der Waals surface area contributed by atoms with E-state index in [9.17, 15) is 13.2 Å². The van der Waals surface area contributed by atoms with Gasteiger partial charge in [0.2, 0.25) is 0 Å². The number of alkyl halides is 3. The van der Waals surface area contributed by atoms with E-state index in [1.165, 1.54) is 42.2 Å². The van der Waals surface area contributed by atoms with Crippen molar-refractivity contribution in [3.8, 4) is 0 Å². The molecule has 146 valence electrons. The fraction of sp³-hybridized carbons (Fsp3) is 0.556. The van der Waals surface area contributed by atoms with E-state index in [4.69, 9.17) is 17.3 Å². The molecule has 0 aromatic heterocycles. The molecule has 0 radical (unpaired) electrons. The molecule has 1 unspecified atom stereocenters. The number of anilines is 1. The van der Waals surface area contributed by atoms with Gasteiger partial charge in [0.05, 0.1) is 10.6 Å². The van der Waals surface area contributed by atoms with Gasteiger partial charge in [-0.15, -0.1) is 11.8 Å². The topological polar surface area (TPSA) is 38.0 Å². The molecule has 2 rings (SSSR count). The molecule has 1 aromatic rings. The molecule has 26 heavy (non-hydrogen) atoms. The fourth-order valence-electron chi connectivity index (χ4n) is 3.01. The van der Waals surface area contributed by atoms with Crippen LogP contribution in [0.3, 0.4) is 0 Å². The third kappa shape index (κ3) is 5.79. The smallest absolute Gasteiger partial charge is 0.358 e. The van der Waals surface area contributed by atoms with Crippen LogP contribution in [0.15, 0.2) is 28.8 Å². The highest BCUT2D eigenvalue weighted by molar-refractivity contribution is 8.09. The predicted molar refractivity (Wildman–Crippen MR) is 109 cm³/mol. The molecule has 0 aliphatic carbocycles. The standard InChI is InChI=1S/C18H25ClF3N2PS/c1-3-16(26-17(11-23)25-8-4-5-9-25)12(2)24-13-6-7-14(15(19)10-13)18(20,21)22/h6-7,10,17,24H,3-5,8-9,11,23H2,1-2H3. The Morgan fingerprint density at radius 1 is 1.35 bits per heavy atom. The number of rotatable bonds is 7. The minimum atomic E-state index is -4.44. The van der Waals surface area contributed by atoms with Gasteiger partial charge in [0.25, 0.3) is 0 Å². The summed E-state index contributed by atoms with van der Waals surface area (Å²) in [7, 11) is -0.0236. The Kier molecular flexibility index (Phi) is 8.14. The van der Waals surface area contributed by atoms with Gasteiger partial charge in [0.1, 0.15) is 0 Å². The molecule has 0 spiro atoms. The Bertz CT molecular complexity index is 646. The molecule has 3 N–H and O–H groups in total. The van der Waals surface area contributed by atoms with Gasteiger partial charge in [-0.1, -0.05) is 26.4 Å². The van der Waals surface area contributed by atoms with Crippen molar-refractivity contribution in [3.63, 3.8) is 0 Å². The first kappa shape index (κ1) is 21.9. The highest BCUT2D eigenvalue weighted by atomic mass is 35.5. The van der Waals surface area contributed by atoms with Gasteiger partial charge >= 0.3 is 6.18 Å². The van der Waals surface area contributed by atoms with E-state index in [1.54, 1.807) is 0 Å². The number of allylic oxidation sites excluding steroid dienone is 2. The van der Waals surface area contributed by atoms with Gasteiger partial charge < -0.3 is 11.1 Å². The molecule has 1 heterocycles. The first-order valence-electron chi connectivity index (χ1n) is 8.70. The molecular formula is C18H25ClF3N2PS. The number of hydrogen-bond donors (Lipinski definition) is 2. The first-order valence-corrected chi connectivity index (χ1v) is 11.7. The highest BCUT2D eigenvalue weighted by Crippen LogP contribution is 2.53. The largest absolute Gasteiger partial charge is 0.417 e. The maximum absolute atomic E-state index is 12.8. The van der Waals surface area contributed by atoms with Crippen LogP contribution in [0.25, 0.3) is 0 Å². The minimum Gasteiger partial charge on any atom is -0.358 e. The summed E-state index contributed by atoms with van der Waals surface area (Å²) in [5.74, 6) is 0. The van der Waals surface area contributed by atoms with Gasteiger partial charge in [-0.2, -0.15) is 13.2 Å². The Hall–Kier alpha value is -0.420. The molecule has 1 aliphatic heterocycles. The van der Waals surface area contributed by atoms with Crippen LogP contribution in [0.5, 0.6) is 0 Å². The van der Waals surface area contributed by atoms with Crippen molar-refractivity contribution in [1.29, 1.82) is 0 Å². The number of halogens is 4. The van der Waals surface area contributed by atoms with Crippen LogP contribution in [0, 0.1) is 0 Å². The van der Waals surface area contributed by atoms with E-state index in [0.29, 0.717) is 17.2 Å². The summed E-state index contributed by atoms with van der Waals surface area (Å²) in [5.41, 5.74) is 6.70. The third-order valence-corrected chi connectivity index (χ3v) is 10.0. The molecule has 0 saturated carbocycles. The number of nitrogens with one attached hydrogen (secondary N) is 1. The van der Waals surface area contributed by atoms with Gasteiger partial charge in [0.15, 0.2) is 0 Å². The van der Waals surface area contributed by atoms with Crippen molar-refractivity contribution in [2.75, 3.05) is 24.2 Å². The molecule has 8 heteroatoms. The lowest BCUT2D eigenvalue weighted by molar-refractivity contribution is -0.137. The van der Waals surface area contributed by atoms with E-state index in [-0.39, 0.29) is 12.9 Å². The van der Waals surface area contributed by atoms with Crippen LogP contribution in [-0.2, 0) is 6.18 Å². The first-order chi connectivity index (χ1) is 12.3. The monoisotopic (exact) mass is 424 g/mol. The summed E-state index contributed by atoms with van der Waals surface area (Å²) in [6.45, 7) is 4.70. The Balaban J connectivity index is 2.13. The lowest BCUT2D eigenvalue weighted by Gasteiger charge is -2.24. The zero-order chi connectivity index (χ0) is 19.3.